The fraction of sp³-hybridized carbons (Fsp3) is 0.500. The van der Waals surface area contributed by atoms with E-state index in [1.165, 1.54) is 0 Å². The highest BCUT2D eigenvalue weighted by Gasteiger charge is 2.29. The molecule has 0 bridgehead atoms. The van der Waals surface area contributed by atoms with Crippen molar-refractivity contribution in [1.82, 2.24) is 14.8 Å². The van der Waals surface area contributed by atoms with E-state index in [0.717, 1.165) is 67.1 Å². The SMILES string of the molecule is O=[N+]([O-])c1ccc(N2CCCC(c3nnc4n3CCC4)C2)c(Br)c1. The number of non-ortho nitro benzene ring substituents is 1. The fourth-order valence-electron chi connectivity index (χ4n) is 3.75. The lowest BCUT2D eigenvalue weighted by Gasteiger charge is -2.34. The molecule has 1 fully saturated rings. The topological polar surface area (TPSA) is 77.1 Å². The summed E-state index contributed by atoms with van der Waals surface area (Å²) in [6.45, 7) is 2.85. The fourth-order valence-corrected chi connectivity index (χ4v) is 4.37. The van der Waals surface area contributed by atoms with E-state index in [2.05, 4.69) is 35.6 Å². The zero-order valence-electron chi connectivity index (χ0n) is 13.2. The number of rotatable bonds is 3. The van der Waals surface area contributed by atoms with E-state index in [1.807, 2.05) is 6.07 Å². The first-order valence-electron chi connectivity index (χ1n) is 8.24. The Hall–Kier alpha value is -1.96. The van der Waals surface area contributed by atoms with Gasteiger partial charge >= 0.3 is 0 Å². The van der Waals surface area contributed by atoms with Crippen molar-refractivity contribution < 1.29 is 4.92 Å². The minimum absolute atomic E-state index is 0.106. The number of nitro groups is 1. The van der Waals surface area contributed by atoms with Crippen molar-refractivity contribution in [3.8, 4) is 0 Å². The average Bonchev–Trinajstić information content (AvgIpc) is 3.18. The highest BCUT2D eigenvalue weighted by Crippen LogP contribution is 2.35. The predicted octanol–water partition coefficient (Wildman–Crippen LogP) is 3.28. The number of aromatic nitrogens is 3. The van der Waals surface area contributed by atoms with Crippen LogP contribution < -0.4 is 4.90 Å². The zero-order valence-corrected chi connectivity index (χ0v) is 14.8. The van der Waals surface area contributed by atoms with Crippen LogP contribution in [0.1, 0.15) is 36.8 Å². The monoisotopic (exact) mass is 391 g/mol. The molecule has 1 aromatic heterocycles. The van der Waals surface area contributed by atoms with Crippen LogP contribution in [0, 0.1) is 10.1 Å². The van der Waals surface area contributed by atoms with Crippen LogP contribution in [0.15, 0.2) is 22.7 Å². The molecule has 1 unspecified atom stereocenters. The molecular weight excluding hydrogens is 374 g/mol. The summed E-state index contributed by atoms with van der Waals surface area (Å²) in [5.41, 5.74) is 1.11. The number of hydrogen-bond acceptors (Lipinski definition) is 5. The summed E-state index contributed by atoms with van der Waals surface area (Å²) >= 11 is 3.49. The van der Waals surface area contributed by atoms with E-state index in [1.54, 1.807) is 12.1 Å². The Kier molecular flexibility index (Phi) is 3.99. The maximum atomic E-state index is 10.9. The van der Waals surface area contributed by atoms with Gasteiger partial charge in [-0.3, -0.25) is 10.1 Å². The van der Waals surface area contributed by atoms with Crippen LogP contribution in [0.25, 0.3) is 0 Å². The van der Waals surface area contributed by atoms with E-state index >= 15 is 0 Å². The van der Waals surface area contributed by atoms with Gasteiger partial charge in [0, 0.05) is 48.6 Å². The third kappa shape index (κ3) is 2.68. The number of benzene rings is 1. The number of nitrogens with zero attached hydrogens (tertiary/aromatic N) is 5. The molecule has 1 saturated heterocycles. The molecule has 4 rings (SSSR count). The zero-order chi connectivity index (χ0) is 16.7. The Labute approximate surface area is 148 Å². The Balaban J connectivity index is 1.58. The molecule has 2 aromatic rings. The normalized spacial score (nSPS) is 20.2. The van der Waals surface area contributed by atoms with Crippen LogP contribution in [0.2, 0.25) is 0 Å². The molecule has 0 amide bonds. The van der Waals surface area contributed by atoms with Gasteiger partial charge in [0.2, 0.25) is 0 Å². The van der Waals surface area contributed by atoms with Crippen molar-refractivity contribution >= 4 is 27.3 Å². The molecular formula is C16H18BrN5O2. The Morgan fingerprint density at radius 2 is 2.12 bits per heavy atom. The van der Waals surface area contributed by atoms with Crippen LogP contribution in [0.5, 0.6) is 0 Å². The van der Waals surface area contributed by atoms with Gasteiger partial charge in [-0.25, -0.2) is 0 Å². The lowest BCUT2D eigenvalue weighted by Crippen LogP contribution is -2.35. The maximum absolute atomic E-state index is 10.9. The first-order valence-corrected chi connectivity index (χ1v) is 9.03. The van der Waals surface area contributed by atoms with Crippen molar-refractivity contribution in [2.24, 2.45) is 0 Å². The summed E-state index contributed by atoms with van der Waals surface area (Å²) in [5, 5.41) is 19.7. The highest BCUT2D eigenvalue weighted by molar-refractivity contribution is 9.10. The van der Waals surface area contributed by atoms with Gasteiger partial charge in [-0.05, 0) is 41.3 Å². The van der Waals surface area contributed by atoms with Crippen molar-refractivity contribution in [2.75, 3.05) is 18.0 Å². The van der Waals surface area contributed by atoms with Crippen molar-refractivity contribution in [1.29, 1.82) is 0 Å². The molecule has 24 heavy (non-hydrogen) atoms. The van der Waals surface area contributed by atoms with Gasteiger partial charge in [0.1, 0.15) is 11.6 Å². The van der Waals surface area contributed by atoms with Gasteiger partial charge < -0.3 is 9.47 Å². The quantitative estimate of drug-likeness (QED) is 0.592. The number of nitro benzene ring substituents is 1. The van der Waals surface area contributed by atoms with E-state index in [9.17, 15) is 10.1 Å². The standard InChI is InChI=1S/C16H18BrN5O2/c17-13-9-12(22(23)24)5-6-14(13)20-7-1-3-11(10-20)16-19-18-15-4-2-8-21(15)16/h5-6,9,11H,1-4,7-8,10H2. The molecule has 0 aliphatic carbocycles. The number of anilines is 1. The smallest absolute Gasteiger partial charge is 0.270 e. The molecule has 1 atom stereocenters. The summed E-state index contributed by atoms with van der Waals surface area (Å²) in [5.74, 6) is 2.57. The molecule has 0 saturated carbocycles. The minimum Gasteiger partial charge on any atom is -0.370 e. The van der Waals surface area contributed by atoms with E-state index in [-0.39, 0.29) is 10.6 Å². The van der Waals surface area contributed by atoms with E-state index in [4.69, 9.17) is 0 Å². The molecule has 7 nitrogen and oxygen atoms in total. The van der Waals surface area contributed by atoms with E-state index < -0.39 is 0 Å². The first kappa shape index (κ1) is 15.6. The largest absolute Gasteiger partial charge is 0.370 e. The molecule has 1 aromatic carbocycles. The van der Waals surface area contributed by atoms with Gasteiger partial charge in [-0.15, -0.1) is 10.2 Å². The number of piperidine rings is 1. The molecule has 2 aliphatic rings. The van der Waals surface area contributed by atoms with Gasteiger partial charge in [-0.1, -0.05) is 0 Å². The van der Waals surface area contributed by atoms with Gasteiger partial charge in [0.05, 0.1) is 10.6 Å². The molecule has 2 aliphatic heterocycles. The van der Waals surface area contributed by atoms with Crippen molar-refractivity contribution in [2.45, 2.75) is 38.1 Å². The lowest BCUT2D eigenvalue weighted by atomic mass is 9.96. The summed E-state index contributed by atoms with van der Waals surface area (Å²) < 4.78 is 3.04. The van der Waals surface area contributed by atoms with Gasteiger partial charge in [0.15, 0.2) is 0 Å². The van der Waals surface area contributed by atoms with Crippen LogP contribution in [-0.2, 0) is 13.0 Å². The highest BCUT2D eigenvalue weighted by atomic mass is 79.9. The first-order chi connectivity index (χ1) is 11.6. The molecule has 126 valence electrons. The molecule has 3 heterocycles. The average molecular weight is 392 g/mol. The van der Waals surface area contributed by atoms with Crippen LogP contribution >= 0.6 is 15.9 Å². The third-order valence-corrected chi connectivity index (χ3v) is 5.54. The number of hydrogen-bond donors (Lipinski definition) is 0. The second-order valence-corrected chi connectivity index (χ2v) is 7.26. The van der Waals surface area contributed by atoms with Crippen LogP contribution in [0.3, 0.4) is 0 Å². The van der Waals surface area contributed by atoms with Crippen molar-refractivity contribution in [3.63, 3.8) is 0 Å². The Morgan fingerprint density at radius 3 is 2.92 bits per heavy atom. The second-order valence-electron chi connectivity index (χ2n) is 6.41. The molecule has 8 heteroatoms. The van der Waals surface area contributed by atoms with E-state index in [0.29, 0.717) is 5.92 Å². The van der Waals surface area contributed by atoms with Crippen LogP contribution in [-0.4, -0.2) is 32.8 Å². The molecule has 0 spiro atoms. The Bertz CT molecular complexity index is 791. The molecule has 0 N–H and O–H groups in total. The number of halogens is 1. The summed E-state index contributed by atoms with van der Waals surface area (Å²) in [6.07, 6.45) is 4.37. The lowest BCUT2D eigenvalue weighted by molar-refractivity contribution is -0.384. The number of aryl methyl sites for hydroxylation is 1. The number of fused-ring (bicyclic) bond motifs is 1. The Morgan fingerprint density at radius 1 is 1.25 bits per heavy atom. The maximum Gasteiger partial charge on any atom is 0.270 e. The summed E-state index contributed by atoms with van der Waals surface area (Å²) in [6, 6.07) is 4.98. The second kappa shape index (κ2) is 6.16. The summed E-state index contributed by atoms with van der Waals surface area (Å²) in [4.78, 5) is 12.8. The summed E-state index contributed by atoms with van der Waals surface area (Å²) in [7, 11) is 0. The van der Waals surface area contributed by atoms with Crippen molar-refractivity contribution in [3.05, 3.63) is 44.4 Å². The van der Waals surface area contributed by atoms with Gasteiger partial charge in [0.25, 0.3) is 5.69 Å². The minimum atomic E-state index is -0.368. The third-order valence-electron chi connectivity index (χ3n) is 4.91. The van der Waals surface area contributed by atoms with Gasteiger partial charge in [-0.2, -0.15) is 0 Å². The van der Waals surface area contributed by atoms with Crippen LogP contribution in [0.4, 0.5) is 11.4 Å². The molecule has 0 radical (unpaired) electrons. The predicted molar refractivity (Wildman–Crippen MR) is 93.3 cm³/mol.